The SMILES string of the molecule is CCCC1(CNC(=O)c2ccc(C(=O)O)cc2F)CC1. The van der Waals surface area contributed by atoms with Crippen LogP contribution in [0.15, 0.2) is 18.2 Å². The van der Waals surface area contributed by atoms with Crippen LogP contribution in [0.1, 0.15) is 53.3 Å². The minimum atomic E-state index is -1.21. The largest absolute Gasteiger partial charge is 0.478 e. The van der Waals surface area contributed by atoms with Gasteiger partial charge in [-0.05, 0) is 42.9 Å². The average Bonchev–Trinajstić information content (AvgIpc) is 3.16. The fourth-order valence-electron chi connectivity index (χ4n) is 2.42. The molecule has 1 fully saturated rings. The van der Waals surface area contributed by atoms with E-state index < -0.39 is 17.7 Å². The van der Waals surface area contributed by atoms with E-state index in [9.17, 15) is 14.0 Å². The smallest absolute Gasteiger partial charge is 0.335 e. The molecule has 0 spiro atoms. The number of amides is 1. The summed E-state index contributed by atoms with van der Waals surface area (Å²) in [5.41, 5.74) is -0.0759. The van der Waals surface area contributed by atoms with Gasteiger partial charge in [0.15, 0.2) is 0 Å². The zero-order valence-corrected chi connectivity index (χ0v) is 11.4. The third-order valence-electron chi connectivity index (χ3n) is 3.82. The lowest BCUT2D eigenvalue weighted by Gasteiger charge is -2.15. The molecule has 20 heavy (non-hydrogen) atoms. The van der Waals surface area contributed by atoms with Gasteiger partial charge in [-0.1, -0.05) is 13.3 Å². The number of hydrogen-bond acceptors (Lipinski definition) is 2. The second-order valence-electron chi connectivity index (χ2n) is 5.43. The summed E-state index contributed by atoms with van der Waals surface area (Å²) in [6, 6.07) is 3.32. The molecule has 1 aromatic carbocycles. The van der Waals surface area contributed by atoms with Gasteiger partial charge in [0.25, 0.3) is 5.91 Å². The van der Waals surface area contributed by atoms with E-state index in [1.807, 2.05) is 0 Å². The molecule has 0 aromatic heterocycles. The number of carboxylic acids is 1. The molecule has 108 valence electrons. The predicted molar refractivity (Wildman–Crippen MR) is 72.3 cm³/mol. The quantitative estimate of drug-likeness (QED) is 0.841. The van der Waals surface area contributed by atoms with Gasteiger partial charge in [0, 0.05) is 6.54 Å². The number of carboxylic acid groups (broad SMARTS) is 1. The number of nitrogens with one attached hydrogen (secondary N) is 1. The summed E-state index contributed by atoms with van der Waals surface area (Å²) in [7, 11) is 0. The molecule has 5 heteroatoms. The highest BCUT2D eigenvalue weighted by Gasteiger charge is 2.41. The Morgan fingerprint density at radius 3 is 2.60 bits per heavy atom. The second-order valence-corrected chi connectivity index (χ2v) is 5.43. The van der Waals surface area contributed by atoms with Crippen LogP contribution in [0.25, 0.3) is 0 Å². The number of aromatic carboxylic acids is 1. The van der Waals surface area contributed by atoms with Crippen molar-refractivity contribution in [2.45, 2.75) is 32.6 Å². The summed E-state index contributed by atoms with van der Waals surface area (Å²) < 4.78 is 13.7. The first-order chi connectivity index (χ1) is 9.47. The van der Waals surface area contributed by atoms with E-state index >= 15 is 0 Å². The van der Waals surface area contributed by atoms with Crippen LogP contribution < -0.4 is 5.32 Å². The van der Waals surface area contributed by atoms with Gasteiger partial charge in [-0.2, -0.15) is 0 Å². The van der Waals surface area contributed by atoms with Gasteiger partial charge in [0.05, 0.1) is 11.1 Å². The first-order valence-corrected chi connectivity index (χ1v) is 6.78. The lowest BCUT2D eigenvalue weighted by Crippen LogP contribution is -2.30. The fourth-order valence-corrected chi connectivity index (χ4v) is 2.42. The van der Waals surface area contributed by atoms with Crippen LogP contribution in [0.3, 0.4) is 0 Å². The van der Waals surface area contributed by atoms with Crippen molar-refractivity contribution in [2.75, 3.05) is 6.54 Å². The maximum Gasteiger partial charge on any atom is 0.335 e. The molecule has 0 radical (unpaired) electrons. The molecule has 2 rings (SSSR count). The van der Waals surface area contributed by atoms with Gasteiger partial charge < -0.3 is 10.4 Å². The van der Waals surface area contributed by atoms with Gasteiger partial charge in [0.1, 0.15) is 5.82 Å². The Bertz CT molecular complexity index is 538. The number of carbonyl (C=O) groups excluding carboxylic acids is 1. The molecule has 0 saturated heterocycles. The van der Waals surface area contributed by atoms with Crippen molar-refractivity contribution >= 4 is 11.9 Å². The van der Waals surface area contributed by atoms with E-state index in [4.69, 9.17) is 5.11 Å². The van der Waals surface area contributed by atoms with Gasteiger partial charge >= 0.3 is 5.97 Å². The summed E-state index contributed by atoms with van der Waals surface area (Å²) in [5, 5.41) is 11.5. The van der Waals surface area contributed by atoms with E-state index in [0.29, 0.717) is 6.54 Å². The van der Waals surface area contributed by atoms with Crippen LogP contribution in [0.4, 0.5) is 4.39 Å². The van der Waals surface area contributed by atoms with Crippen LogP contribution in [-0.4, -0.2) is 23.5 Å². The van der Waals surface area contributed by atoms with E-state index in [1.165, 1.54) is 12.1 Å². The summed E-state index contributed by atoms with van der Waals surface area (Å²) in [4.78, 5) is 22.6. The maximum absolute atomic E-state index is 13.7. The molecule has 1 amide bonds. The summed E-state index contributed by atoms with van der Waals surface area (Å²) in [6.45, 7) is 2.66. The Labute approximate surface area is 117 Å². The third kappa shape index (κ3) is 3.15. The molecule has 0 atom stereocenters. The molecule has 0 heterocycles. The van der Waals surface area contributed by atoms with E-state index in [0.717, 1.165) is 31.7 Å². The van der Waals surface area contributed by atoms with Crippen molar-refractivity contribution in [1.29, 1.82) is 0 Å². The first kappa shape index (κ1) is 14.5. The van der Waals surface area contributed by atoms with Gasteiger partial charge in [-0.25, -0.2) is 9.18 Å². The number of hydrogen-bond donors (Lipinski definition) is 2. The van der Waals surface area contributed by atoms with Crippen LogP contribution >= 0.6 is 0 Å². The number of rotatable bonds is 6. The van der Waals surface area contributed by atoms with E-state index in [2.05, 4.69) is 12.2 Å². The highest BCUT2D eigenvalue weighted by molar-refractivity contribution is 5.96. The van der Waals surface area contributed by atoms with Crippen LogP contribution in [0, 0.1) is 11.2 Å². The highest BCUT2D eigenvalue weighted by atomic mass is 19.1. The Hall–Kier alpha value is -1.91. The standard InChI is InChI=1S/C15H18FNO3/c1-2-5-15(6-7-15)9-17-13(18)11-4-3-10(14(19)20)8-12(11)16/h3-4,8H,2,5-7,9H2,1H3,(H,17,18)(H,19,20). The molecular formula is C15H18FNO3. The van der Waals surface area contributed by atoms with Crippen LogP contribution in [0.5, 0.6) is 0 Å². The number of benzene rings is 1. The molecule has 0 aliphatic heterocycles. The minimum Gasteiger partial charge on any atom is -0.478 e. The molecule has 4 nitrogen and oxygen atoms in total. The van der Waals surface area contributed by atoms with Crippen molar-refractivity contribution in [3.05, 3.63) is 35.1 Å². The molecule has 2 N–H and O–H groups in total. The fraction of sp³-hybridized carbons (Fsp3) is 0.467. The van der Waals surface area contributed by atoms with Crippen molar-refractivity contribution in [3.8, 4) is 0 Å². The molecule has 0 bridgehead atoms. The topological polar surface area (TPSA) is 66.4 Å². The first-order valence-electron chi connectivity index (χ1n) is 6.78. The third-order valence-corrected chi connectivity index (χ3v) is 3.82. The maximum atomic E-state index is 13.7. The normalized spacial score (nSPS) is 15.7. The molecule has 1 aliphatic rings. The summed E-state index contributed by atoms with van der Waals surface area (Å²) >= 11 is 0. The number of carbonyl (C=O) groups is 2. The number of halogens is 1. The molecule has 1 saturated carbocycles. The second kappa shape index (κ2) is 5.61. The van der Waals surface area contributed by atoms with Crippen molar-refractivity contribution < 1.29 is 19.1 Å². The minimum absolute atomic E-state index is 0.109. The predicted octanol–water partition coefficient (Wildman–Crippen LogP) is 2.83. The van der Waals surface area contributed by atoms with Crippen molar-refractivity contribution in [3.63, 3.8) is 0 Å². The zero-order valence-electron chi connectivity index (χ0n) is 11.4. The highest BCUT2D eigenvalue weighted by Crippen LogP contribution is 2.48. The van der Waals surface area contributed by atoms with Crippen molar-refractivity contribution in [1.82, 2.24) is 5.32 Å². The van der Waals surface area contributed by atoms with E-state index in [-0.39, 0.29) is 16.5 Å². The Morgan fingerprint density at radius 1 is 1.40 bits per heavy atom. The Morgan fingerprint density at radius 2 is 2.10 bits per heavy atom. The van der Waals surface area contributed by atoms with Gasteiger partial charge in [-0.15, -0.1) is 0 Å². The van der Waals surface area contributed by atoms with Crippen molar-refractivity contribution in [2.24, 2.45) is 5.41 Å². The monoisotopic (exact) mass is 279 g/mol. The summed E-state index contributed by atoms with van der Waals surface area (Å²) in [6.07, 6.45) is 4.33. The molecule has 1 aromatic rings. The van der Waals surface area contributed by atoms with Crippen LogP contribution in [-0.2, 0) is 0 Å². The van der Waals surface area contributed by atoms with Gasteiger partial charge in [0.2, 0.25) is 0 Å². The molecule has 1 aliphatic carbocycles. The molecular weight excluding hydrogens is 261 g/mol. The Balaban J connectivity index is 2.01. The lowest BCUT2D eigenvalue weighted by atomic mass is 10.0. The summed E-state index contributed by atoms with van der Waals surface area (Å²) in [5.74, 6) is -2.50. The van der Waals surface area contributed by atoms with E-state index in [1.54, 1.807) is 0 Å². The van der Waals surface area contributed by atoms with Crippen LogP contribution in [0.2, 0.25) is 0 Å². The zero-order chi connectivity index (χ0) is 14.8. The average molecular weight is 279 g/mol. The van der Waals surface area contributed by atoms with Gasteiger partial charge in [-0.3, -0.25) is 4.79 Å². The molecule has 0 unspecified atom stereocenters. The Kier molecular flexibility index (Phi) is 4.06. The lowest BCUT2D eigenvalue weighted by molar-refractivity contribution is 0.0695.